The Hall–Kier alpha value is -10.9. The highest BCUT2D eigenvalue weighted by Gasteiger charge is 2.14. The molecule has 0 radical (unpaired) electrons. The van der Waals surface area contributed by atoms with Crippen molar-refractivity contribution in [3.05, 3.63) is 272 Å². The van der Waals surface area contributed by atoms with Gasteiger partial charge in [-0.05, 0) is 271 Å². The highest BCUT2D eigenvalue weighted by molar-refractivity contribution is 7.91. The number of aromatic amines is 3. The van der Waals surface area contributed by atoms with Crippen LogP contribution in [-0.2, 0) is 75.6 Å². The number of isothiocyanates is 7. The minimum atomic E-state index is -1.26. The third-order valence-electron chi connectivity index (χ3n) is 16.7. The Morgan fingerprint density at radius 3 is 1.14 bits per heavy atom. The number of nitrogens with one attached hydrogen (secondary N) is 3. The molecule has 132 heavy (non-hydrogen) atoms. The molecule has 7 unspecified atom stereocenters. The summed E-state index contributed by atoms with van der Waals surface area (Å²) < 4.78 is 92.4. The van der Waals surface area contributed by atoms with Crippen molar-refractivity contribution in [3.8, 4) is 0 Å². The number of benzene rings is 7. The first kappa shape index (κ1) is 106. The van der Waals surface area contributed by atoms with Gasteiger partial charge in [-0.3, -0.25) is 0 Å². The standard InChI is InChI=1S/C14H11NO3S2.2C13H13N3OS2.C13H11N3OS2.C13H12N2OS3.C12H11N3OS2.C12H10N2OS3/c16-14-6-3-11-9-12(4-5-13(11)18-14)20(17)8-2-1-7-15-10-19;2*1-10-4-5-11-12(8-10)16-13(15-11)19(17)7-3-2-6-14-9-18;17-19(6-2-1-5-14-10-18)12-3-4-13-11(7-12)8-15-9-16-13;1-10-4-5-12-11(8-10)15-13(18-12)19(16)7-3-2-6-14-9-17;16-18(8-4-3-7-13-9-17)12-14-10-5-1-2-6-11(10)15-12;15-18(8-4-3-7-13-9-16)12-14-10-5-1-2-6-11(10)17-12/h2-6,8-9H,1,7H2;2*3-5,7-8H,2,6H2,1H3,(H,15,16);2-4,6-9H,1,5H2;3-5,7-8H,2,6H2,1H3;1-2,4-6,8H,3,7H2,(H,14,15);1-2,4-6,8H,3,7H2/b8-2+;2*7-3+;6-2+;7-3+;2*8-4+. The Morgan fingerprint density at radius 1 is 0.348 bits per heavy atom. The molecule has 0 saturated carbocycles. The Labute approximate surface area is 822 Å². The van der Waals surface area contributed by atoms with Crippen molar-refractivity contribution in [2.75, 3.05) is 45.8 Å². The van der Waals surface area contributed by atoms with Gasteiger partial charge in [-0.2, -0.15) is 0 Å². The van der Waals surface area contributed by atoms with E-state index in [0.29, 0.717) is 125 Å². The third kappa shape index (κ3) is 38.0. The highest BCUT2D eigenvalue weighted by Crippen LogP contribution is 2.28. The molecular formula is C90H81N17O9S16. The Kier molecular flexibility index (Phi) is 49.2. The number of hydrogen-bond acceptors (Lipinski definition) is 32. The lowest BCUT2D eigenvalue weighted by molar-refractivity contribution is 0.561. The van der Waals surface area contributed by atoms with Crippen LogP contribution >= 0.6 is 108 Å². The molecule has 7 aromatic carbocycles. The number of imidazole rings is 3. The van der Waals surface area contributed by atoms with Gasteiger partial charge in [0, 0.05) is 70.7 Å². The van der Waals surface area contributed by atoms with Crippen LogP contribution in [0.25, 0.3) is 75.4 Å². The lowest BCUT2D eigenvalue weighted by Crippen LogP contribution is -1.95. The van der Waals surface area contributed by atoms with Crippen molar-refractivity contribution in [1.82, 2.24) is 49.8 Å². The topological polar surface area (TPSA) is 374 Å². The smallest absolute Gasteiger partial charge is 0.336 e. The van der Waals surface area contributed by atoms with E-state index in [9.17, 15) is 34.3 Å². The molecule has 14 rings (SSSR count). The fraction of sp³-hybridized carbons (Fsp3) is 0.189. The quantitative estimate of drug-likeness (QED) is 0.0144. The van der Waals surface area contributed by atoms with Crippen LogP contribution in [0.1, 0.15) is 61.6 Å². The summed E-state index contributed by atoms with van der Waals surface area (Å²) in [6, 6.07) is 46.7. The molecule has 0 saturated heterocycles. The van der Waals surface area contributed by atoms with E-state index < -0.39 is 81.2 Å². The molecule has 0 aliphatic heterocycles. The number of rotatable bonds is 35. The zero-order valence-electron chi connectivity index (χ0n) is 70.5. The largest absolute Gasteiger partial charge is 0.423 e. The molecule has 0 spiro atoms. The lowest BCUT2D eigenvalue weighted by Gasteiger charge is -1.99. The van der Waals surface area contributed by atoms with Crippen LogP contribution in [0.15, 0.2) is 323 Å². The molecule has 0 fully saturated rings. The number of fused-ring (bicyclic) bond motifs is 7. The summed E-state index contributed by atoms with van der Waals surface area (Å²) in [6.07, 6.45) is 20.8. The van der Waals surface area contributed by atoms with Crippen LogP contribution in [0, 0.1) is 20.8 Å². The van der Waals surface area contributed by atoms with Gasteiger partial charge >= 0.3 is 5.63 Å². The molecule has 0 bridgehead atoms. The normalized spacial score (nSPS) is 12.6. The highest BCUT2D eigenvalue weighted by atomic mass is 32.2. The molecule has 42 heteroatoms. The van der Waals surface area contributed by atoms with Crippen LogP contribution in [0.3, 0.4) is 0 Å². The predicted molar refractivity (Wildman–Crippen MR) is 564 cm³/mol. The molecule has 0 amide bonds. The molecule has 0 aliphatic rings. The average Bonchev–Trinajstić information content (AvgIpc) is 1.80. The number of aromatic nitrogens is 10. The number of aliphatic imine (C=N–C) groups is 7. The van der Waals surface area contributed by atoms with Gasteiger partial charge < -0.3 is 19.4 Å². The first-order valence-electron chi connectivity index (χ1n) is 39.4. The molecule has 7 heterocycles. The number of nitrogens with zero attached hydrogens (tertiary/aromatic N) is 14. The SMILES string of the molecule is Cc1ccc2nc(S(=O)/C=C/CCN=C=S)[nH]c2c1.Cc1ccc2nc(S(=O)/C=C/CCN=C=S)[nH]c2c1.Cc1ccc2sc(S(=O)/C=C/CCN=C=S)nc2c1.O=S(/C=C/CCN=C=S)c1ccc2ncncc2c1.O=S(/C=C/CCN=C=S)c1nc2ccccc2[nH]1.O=S(/C=C/CCN=C=S)c1nc2ccccc2s1.O=c1ccc2cc(S(=O)/C=C/CCN=C=S)ccc2o1. The maximum atomic E-state index is 12.1. The van der Waals surface area contributed by atoms with E-state index >= 15 is 0 Å². The molecule has 7 atom stereocenters. The first-order chi connectivity index (χ1) is 64.2. The zero-order valence-corrected chi connectivity index (χ0v) is 83.6. The molecule has 14 aromatic rings. The van der Waals surface area contributed by atoms with Gasteiger partial charge in [-0.25, -0.2) is 104 Å². The minimum Gasteiger partial charge on any atom is -0.423 e. The first-order valence-corrected chi connectivity index (χ1v) is 52.3. The van der Waals surface area contributed by atoms with Gasteiger partial charge in [-0.15, -0.1) is 22.7 Å². The molecular weight excluding hydrogens is 1980 g/mol. The fourth-order valence-corrected chi connectivity index (χ4v) is 19.7. The second-order valence-corrected chi connectivity index (χ2v) is 39.1. The number of aryl methyl sites for hydroxylation is 3. The molecule has 3 N–H and O–H groups in total. The van der Waals surface area contributed by atoms with Crippen LogP contribution in [0.5, 0.6) is 0 Å². The fourth-order valence-electron chi connectivity index (χ4n) is 10.6. The number of H-pyrrole nitrogens is 3. The van der Waals surface area contributed by atoms with E-state index in [1.54, 1.807) is 80.5 Å². The Bertz CT molecular complexity index is 6680. The van der Waals surface area contributed by atoms with Gasteiger partial charge in [-0.1, -0.05) is 85.0 Å². The van der Waals surface area contributed by atoms with Gasteiger partial charge in [0.1, 0.15) is 65.9 Å². The maximum Gasteiger partial charge on any atom is 0.336 e. The van der Waals surface area contributed by atoms with Crippen LogP contribution in [0.4, 0.5) is 0 Å². The summed E-state index contributed by atoms with van der Waals surface area (Å²) >= 11 is 34.1. The van der Waals surface area contributed by atoms with Crippen molar-refractivity contribution < 1.29 is 33.9 Å². The third-order valence-corrected chi connectivity index (χ3v) is 27.8. The van der Waals surface area contributed by atoms with Gasteiger partial charge in [0.25, 0.3) is 0 Å². The maximum absolute atomic E-state index is 12.1. The van der Waals surface area contributed by atoms with Gasteiger partial charge in [0.15, 0.2) is 8.68 Å². The molecule has 26 nitrogen and oxygen atoms in total. The van der Waals surface area contributed by atoms with E-state index in [-0.39, 0.29) is 0 Å². The van der Waals surface area contributed by atoms with Gasteiger partial charge in [0.05, 0.1) is 163 Å². The van der Waals surface area contributed by atoms with E-state index in [0.717, 1.165) is 91.4 Å². The van der Waals surface area contributed by atoms with Crippen molar-refractivity contribution in [2.45, 2.75) is 99.7 Å². The van der Waals surface area contributed by atoms with E-state index in [2.05, 4.69) is 206 Å². The minimum absolute atomic E-state index is 0.398. The monoisotopic (exact) mass is 2060 g/mol. The number of thiazole rings is 2. The van der Waals surface area contributed by atoms with Crippen molar-refractivity contribution in [3.63, 3.8) is 0 Å². The van der Waals surface area contributed by atoms with E-state index in [1.165, 1.54) is 35.1 Å². The summed E-state index contributed by atoms with van der Waals surface area (Å²) in [5.41, 5.74) is 11.3. The van der Waals surface area contributed by atoms with Crippen LogP contribution in [0.2, 0.25) is 0 Å². The summed E-state index contributed by atoms with van der Waals surface area (Å²) in [6.45, 7) is 10.0. The van der Waals surface area contributed by atoms with Crippen LogP contribution < -0.4 is 5.63 Å². The van der Waals surface area contributed by atoms with E-state index in [4.69, 9.17) is 4.42 Å². The van der Waals surface area contributed by atoms with Crippen molar-refractivity contribution >= 4 is 295 Å². The number of thiocarbonyl (C=S) groups is 7. The second-order valence-electron chi connectivity index (χ2n) is 26.3. The summed E-state index contributed by atoms with van der Waals surface area (Å²) in [7, 11) is -8.56. The summed E-state index contributed by atoms with van der Waals surface area (Å²) in [5, 5.41) is 30.5. The van der Waals surface area contributed by atoms with E-state index in [1.807, 2.05) is 172 Å². The molecule has 676 valence electrons. The predicted octanol–water partition coefficient (Wildman–Crippen LogP) is 21.4. The lowest BCUT2D eigenvalue weighted by atomic mass is 10.2. The molecule has 0 aliphatic carbocycles. The molecule has 7 aromatic heterocycles. The van der Waals surface area contributed by atoms with Gasteiger partial charge in [0.2, 0.25) is 15.5 Å². The van der Waals surface area contributed by atoms with Crippen molar-refractivity contribution in [2.24, 2.45) is 34.9 Å². The number of para-hydroxylation sites is 3. The second kappa shape index (κ2) is 61.0. The summed E-state index contributed by atoms with van der Waals surface area (Å²) in [5.74, 6) is 0. The average molecular weight is 2060 g/mol. The Balaban J connectivity index is 0.000000190. The zero-order chi connectivity index (χ0) is 94.5. The number of hydrogen-bond donors (Lipinski definition) is 3. The van der Waals surface area contributed by atoms with Crippen LogP contribution in [-0.4, -0.2) is 161 Å². The Morgan fingerprint density at radius 2 is 0.705 bits per heavy atom. The van der Waals surface area contributed by atoms with Crippen molar-refractivity contribution in [1.29, 1.82) is 0 Å². The summed E-state index contributed by atoms with van der Waals surface area (Å²) in [4.78, 5) is 77.8.